The maximum atomic E-state index is 12.7. The molecule has 0 aromatic carbocycles. The third kappa shape index (κ3) is 3.62. The average molecular weight is 428 g/mol. The van der Waals surface area contributed by atoms with Crippen LogP contribution in [0.5, 0.6) is 0 Å². The fourth-order valence-corrected chi connectivity index (χ4v) is 4.24. The van der Waals surface area contributed by atoms with Gasteiger partial charge in [-0.3, -0.25) is 9.78 Å². The van der Waals surface area contributed by atoms with Crippen molar-refractivity contribution in [2.75, 3.05) is 18.4 Å². The summed E-state index contributed by atoms with van der Waals surface area (Å²) in [5, 5.41) is 3.30. The Morgan fingerprint density at radius 2 is 1.97 bits per heavy atom. The van der Waals surface area contributed by atoms with Crippen LogP contribution in [-0.4, -0.2) is 50.0 Å². The van der Waals surface area contributed by atoms with E-state index in [0.29, 0.717) is 25.1 Å². The van der Waals surface area contributed by atoms with Crippen LogP contribution < -0.4 is 5.32 Å². The molecule has 2 aliphatic rings. The van der Waals surface area contributed by atoms with Gasteiger partial charge in [-0.25, -0.2) is 9.97 Å². The van der Waals surface area contributed by atoms with Crippen molar-refractivity contribution < 1.29 is 18.0 Å². The molecule has 2 N–H and O–H groups in total. The van der Waals surface area contributed by atoms with E-state index in [2.05, 4.69) is 20.3 Å². The van der Waals surface area contributed by atoms with Crippen LogP contribution in [0.3, 0.4) is 0 Å². The van der Waals surface area contributed by atoms with Crippen LogP contribution in [0.1, 0.15) is 18.7 Å². The minimum atomic E-state index is -4.82. The smallest absolute Gasteiger partial charge is 0.341 e. The highest BCUT2D eigenvalue weighted by Crippen LogP contribution is 2.41. The minimum Gasteiger partial charge on any atom is -0.341 e. The Morgan fingerprint density at radius 1 is 1.16 bits per heavy atom. The van der Waals surface area contributed by atoms with E-state index in [1.165, 1.54) is 0 Å². The topological polar surface area (TPSA) is 86.8 Å². The molecule has 3 aromatic rings. The number of nitrogens with one attached hydrogen (secondary N) is 2. The summed E-state index contributed by atoms with van der Waals surface area (Å²) in [7, 11) is 0. The molecule has 5 heterocycles. The second kappa shape index (κ2) is 7.36. The first-order valence-corrected chi connectivity index (χ1v) is 10.0. The predicted octanol–water partition coefficient (Wildman–Crippen LogP) is 3.93. The van der Waals surface area contributed by atoms with Gasteiger partial charge in [-0.15, -0.1) is 0 Å². The summed E-state index contributed by atoms with van der Waals surface area (Å²) in [5.74, 6) is -0.148. The number of alkyl halides is 3. The number of H-pyrrole nitrogens is 1. The molecule has 0 bridgehead atoms. The zero-order chi connectivity index (χ0) is 21.6. The Kier molecular flexibility index (Phi) is 4.64. The van der Waals surface area contributed by atoms with Crippen LogP contribution in [0.4, 0.5) is 24.7 Å². The molecule has 1 fully saturated rings. The third-order valence-electron chi connectivity index (χ3n) is 5.79. The zero-order valence-corrected chi connectivity index (χ0v) is 16.4. The standard InChI is InChI=1S/C21H19F3N6O/c22-21(23,24)20(31)30-8-4-12(5-9-30)10-16-28-17-13-3-7-25-11-15(13)27-19-14(18(17)29-16)2-1-6-26-19/h1-3,6-7,11-12H,4-5,8-10H2,(H,26,27)(H,28,29). The first-order chi connectivity index (χ1) is 14.9. The molecule has 0 aliphatic carbocycles. The van der Waals surface area contributed by atoms with Gasteiger partial charge in [-0.2, -0.15) is 13.2 Å². The quantitative estimate of drug-likeness (QED) is 0.505. The maximum Gasteiger partial charge on any atom is 0.471 e. The summed E-state index contributed by atoms with van der Waals surface area (Å²) in [6, 6.07) is 5.69. The number of nitrogens with zero attached hydrogens (tertiary/aromatic N) is 4. The molecule has 3 aromatic heterocycles. The van der Waals surface area contributed by atoms with Gasteiger partial charge < -0.3 is 15.2 Å². The SMILES string of the molecule is O=C(N1CCC(Cc2nc3c([nH]2)-c2ccncc2Nc2ncccc2-3)CC1)C(F)(F)F. The van der Waals surface area contributed by atoms with Crippen molar-refractivity contribution in [1.82, 2.24) is 24.8 Å². The first kappa shape index (κ1) is 19.5. The van der Waals surface area contributed by atoms with Gasteiger partial charge in [-0.1, -0.05) is 0 Å². The van der Waals surface area contributed by atoms with E-state index in [-0.39, 0.29) is 19.0 Å². The predicted molar refractivity (Wildman–Crippen MR) is 107 cm³/mol. The number of pyridine rings is 2. The van der Waals surface area contributed by atoms with Crippen LogP contribution in [0, 0.1) is 5.92 Å². The van der Waals surface area contributed by atoms with Crippen LogP contribution in [0.25, 0.3) is 22.5 Å². The molecular formula is C21H19F3N6O. The number of anilines is 2. The van der Waals surface area contributed by atoms with Crippen LogP contribution in [-0.2, 0) is 11.2 Å². The number of hydrogen-bond donors (Lipinski definition) is 2. The van der Waals surface area contributed by atoms with Gasteiger partial charge >= 0.3 is 12.1 Å². The van der Waals surface area contributed by atoms with E-state index < -0.39 is 12.1 Å². The minimum absolute atomic E-state index is 0.106. The number of aromatic amines is 1. The lowest BCUT2D eigenvalue weighted by atomic mass is 9.93. The summed E-state index contributed by atoms with van der Waals surface area (Å²) in [5.41, 5.74) is 4.24. The monoisotopic (exact) mass is 428 g/mol. The molecule has 1 amide bonds. The van der Waals surface area contributed by atoms with Crippen molar-refractivity contribution in [2.45, 2.75) is 25.4 Å². The molecule has 10 heteroatoms. The second-order valence-electron chi connectivity index (χ2n) is 7.79. The Bertz CT molecular complexity index is 1070. The zero-order valence-electron chi connectivity index (χ0n) is 16.4. The molecule has 1 saturated heterocycles. The van der Waals surface area contributed by atoms with Gasteiger partial charge in [0.1, 0.15) is 17.3 Å². The average Bonchev–Trinajstić information content (AvgIpc) is 3.12. The van der Waals surface area contributed by atoms with Gasteiger partial charge in [0.2, 0.25) is 0 Å². The highest BCUT2D eigenvalue weighted by atomic mass is 19.4. The summed E-state index contributed by atoms with van der Waals surface area (Å²) in [6.45, 7) is 0.212. The molecule has 0 spiro atoms. The van der Waals surface area contributed by atoms with E-state index in [9.17, 15) is 18.0 Å². The fraction of sp³-hybridized carbons (Fsp3) is 0.333. The van der Waals surface area contributed by atoms with E-state index in [1.807, 2.05) is 18.2 Å². The molecule has 0 radical (unpaired) electrons. The largest absolute Gasteiger partial charge is 0.471 e. The van der Waals surface area contributed by atoms with Gasteiger partial charge in [0, 0.05) is 43.0 Å². The number of carbonyl (C=O) groups is 1. The third-order valence-corrected chi connectivity index (χ3v) is 5.79. The van der Waals surface area contributed by atoms with Gasteiger partial charge in [0.05, 0.1) is 17.6 Å². The molecule has 5 rings (SSSR count). The second-order valence-corrected chi connectivity index (χ2v) is 7.79. The van der Waals surface area contributed by atoms with Crippen molar-refractivity contribution >= 4 is 17.4 Å². The molecule has 0 atom stereocenters. The normalized spacial score (nSPS) is 16.0. The number of piperidine rings is 1. The molecular weight excluding hydrogens is 409 g/mol. The Labute approximate surface area is 175 Å². The number of amides is 1. The summed E-state index contributed by atoms with van der Waals surface area (Å²) in [6.07, 6.45) is 1.95. The number of carbonyl (C=O) groups excluding carboxylic acids is 1. The van der Waals surface area contributed by atoms with Crippen molar-refractivity contribution in [1.29, 1.82) is 0 Å². The highest BCUT2D eigenvalue weighted by Gasteiger charge is 2.43. The number of aromatic nitrogens is 4. The molecule has 160 valence electrons. The van der Waals surface area contributed by atoms with Crippen LogP contribution >= 0.6 is 0 Å². The van der Waals surface area contributed by atoms with Crippen LogP contribution in [0.15, 0.2) is 36.8 Å². The molecule has 0 saturated carbocycles. The summed E-state index contributed by atoms with van der Waals surface area (Å²) in [4.78, 5) is 29.2. The Balaban J connectivity index is 1.39. The lowest BCUT2D eigenvalue weighted by Gasteiger charge is -2.32. The number of likely N-dealkylation sites (tertiary alicyclic amines) is 1. The van der Waals surface area contributed by atoms with E-state index in [0.717, 1.165) is 38.9 Å². The van der Waals surface area contributed by atoms with Crippen molar-refractivity contribution in [3.05, 3.63) is 42.6 Å². The van der Waals surface area contributed by atoms with Crippen molar-refractivity contribution in [3.8, 4) is 22.5 Å². The Morgan fingerprint density at radius 3 is 2.74 bits per heavy atom. The number of fused-ring (bicyclic) bond motifs is 5. The van der Waals surface area contributed by atoms with E-state index >= 15 is 0 Å². The molecule has 31 heavy (non-hydrogen) atoms. The number of rotatable bonds is 2. The molecule has 2 aliphatic heterocycles. The number of imidazole rings is 1. The molecule has 0 unspecified atom stereocenters. The summed E-state index contributed by atoms with van der Waals surface area (Å²) < 4.78 is 38.0. The fourth-order valence-electron chi connectivity index (χ4n) is 4.24. The van der Waals surface area contributed by atoms with E-state index in [1.54, 1.807) is 18.6 Å². The number of hydrogen-bond acceptors (Lipinski definition) is 5. The van der Waals surface area contributed by atoms with Crippen LogP contribution in [0.2, 0.25) is 0 Å². The van der Waals surface area contributed by atoms with Crippen molar-refractivity contribution in [3.63, 3.8) is 0 Å². The highest BCUT2D eigenvalue weighted by molar-refractivity contribution is 5.94. The first-order valence-electron chi connectivity index (χ1n) is 10.0. The number of halogens is 3. The van der Waals surface area contributed by atoms with Gasteiger partial charge in [0.15, 0.2) is 0 Å². The maximum absolute atomic E-state index is 12.7. The van der Waals surface area contributed by atoms with E-state index in [4.69, 9.17) is 4.98 Å². The molecule has 7 nitrogen and oxygen atoms in total. The van der Waals surface area contributed by atoms with Gasteiger partial charge in [0.25, 0.3) is 0 Å². The van der Waals surface area contributed by atoms with Crippen molar-refractivity contribution in [2.24, 2.45) is 5.92 Å². The van der Waals surface area contributed by atoms with Gasteiger partial charge in [-0.05, 0) is 37.0 Å². The lowest BCUT2D eigenvalue weighted by molar-refractivity contribution is -0.186. The summed E-state index contributed by atoms with van der Waals surface area (Å²) >= 11 is 0. The Hall–Kier alpha value is -3.43. The lowest BCUT2D eigenvalue weighted by Crippen LogP contribution is -2.45.